The summed E-state index contributed by atoms with van der Waals surface area (Å²) in [7, 11) is 0. The molecule has 140 valence electrons. The number of hydrogen-bond acceptors (Lipinski definition) is 3. The number of thiophene rings is 1. The van der Waals surface area contributed by atoms with E-state index in [9.17, 15) is 4.79 Å². The van der Waals surface area contributed by atoms with Crippen molar-refractivity contribution < 1.29 is 4.79 Å². The second-order valence-corrected chi connectivity index (χ2v) is 7.52. The van der Waals surface area contributed by atoms with Crippen LogP contribution in [-0.2, 0) is 6.42 Å². The van der Waals surface area contributed by atoms with Gasteiger partial charge in [0.15, 0.2) is 5.96 Å². The van der Waals surface area contributed by atoms with Crippen molar-refractivity contribution >= 4 is 23.2 Å². The van der Waals surface area contributed by atoms with Crippen molar-refractivity contribution in [1.29, 1.82) is 0 Å². The van der Waals surface area contributed by atoms with Crippen molar-refractivity contribution in [2.75, 3.05) is 19.6 Å². The monoisotopic (exact) mass is 372 g/mol. The quantitative estimate of drug-likeness (QED) is 0.379. The minimum atomic E-state index is -0.0693. The second-order valence-electron chi connectivity index (χ2n) is 6.14. The summed E-state index contributed by atoms with van der Waals surface area (Å²) < 4.78 is 0. The molecule has 1 atom stereocenters. The Morgan fingerprint density at radius 1 is 1.15 bits per heavy atom. The normalized spacial score (nSPS) is 12.5. The Kier molecular flexibility index (Phi) is 8.15. The molecular weight excluding hydrogens is 344 g/mol. The van der Waals surface area contributed by atoms with Crippen LogP contribution in [0.3, 0.4) is 0 Å². The Bertz CT molecular complexity index is 712. The molecule has 2 aromatic rings. The molecule has 0 saturated heterocycles. The number of rotatable bonds is 8. The molecule has 5 nitrogen and oxygen atoms in total. The van der Waals surface area contributed by atoms with Gasteiger partial charge in [-0.1, -0.05) is 18.2 Å². The topological polar surface area (TPSA) is 65.5 Å². The summed E-state index contributed by atoms with van der Waals surface area (Å²) in [5, 5.41) is 9.57. The molecule has 0 radical (unpaired) electrons. The van der Waals surface area contributed by atoms with E-state index in [0.29, 0.717) is 18.7 Å². The molecule has 6 heteroatoms. The van der Waals surface area contributed by atoms with Crippen molar-refractivity contribution in [3.63, 3.8) is 0 Å². The molecule has 26 heavy (non-hydrogen) atoms. The van der Waals surface area contributed by atoms with E-state index in [2.05, 4.69) is 46.9 Å². The lowest BCUT2D eigenvalue weighted by molar-refractivity contribution is 0.0955. The maximum absolute atomic E-state index is 12.0. The molecule has 2 rings (SSSR count). The van der Waals surface area contributed by atoms with Crippen LogP contribution >= 0.6 is 11.3 Å². The lowest BCUT2D eigenvalue weighted by Crippen LogP contribution is -2.43. The minimum absolute atomic E-state index is 0.0693. The highest BCUT2D eigenvalue weighted by atomic mass is 32.1. The largest absolute Gasteiger partial charge is 0.357 e. The van der Waals surface area contributed by atoms with Gasteiger partial charge in [0.2, 0.25) is 0 Å². The molecule has 0 spiro atoms. The van der Waals surface area contributed by atoms with Crippen molar-refractivity contribution in [1.82, 2.24) is 16.0 Å². The summed E-state index contributed by atoms with van der Waals surface area (Å²) in [5.74, 6) is 0.711. The van der Waals surface area contributed by atoms with Crippen LogP contribution in [-0.4, -0.2) is 37.5 Å². The number of nitrogens with one attached hydrogen (secondary N) is 3. The molecule has 1 aromatic heterocycles. The fourth-order valence-electron chi connectivity index (χ4n) is 2.53. The first-order chi connectivity index (χ1) is 12.6. The van der Waals surface area contributed by atoms with E-state index in [1.807, 2.05) is 36.5 Å². The highest BCUT2D eigenvalue weighted by molar-refractivity contribution is 7.11. The van der Waals surface area contributed by atoms with Crippen molar-refractivity contribution in [3.05, 3.63) is 57.8 Å². The summed E-state index contributed by atoms with van der Waals surface area (Å²) in [6.07, 6.45) is 0.966. The van der Waals surface area contributed by atoms with Gasteiger partial charge in [0.1, 0.15) is 0 Å². The van der Waals surface area contributed by atoms with E-state index in [1.54, 1.807) is 12.1 Å². The van der Waals surface area contributed by atoms with Gasteiger partial charge in [-0.05, 0) is 45.0 Å². The predicted octanol–water partition coefficient (Wildman–Crippen LogP) is 2.97. The van der Waals surface area contributed by atoms with Gasteiger partial charge >= 0.3 is 0 Å². The molecule has 0 aliphatic carbocycles. The number of amides is 1. The van der Waals surface area contributed by atoms with Gasteiger partial charge in [-0.3, -0.25) is 9.79 Å². The summed E-state index contributed by atoms with van der Waals surface area (Å²) in [6, 6.07) is 13.8. The van der Waals surface area contributed by atoms with Gasteiger partial charge in [0, 0.05) is 40.9 Å². The Labute approximate surface area is 159 Å². The standard InChI is InChI=1S/C20H28N4OS/c1-4-21-20(24-15(2)14-18-11-10-16(3)26-18)23-13-12-22-19(25)17-8-6-5-7-9-17/h5-11,15H,4,12-14H2,1-3H3,(H,22,25)(H2,21,23,24). The van der Waals surface area contributed by atoms with Crippen LogP contribution in [0, 0.1) is 6.92 Å². The van der Waals surface area contributed by atoms with Crippen molar-refractivity contribution in [2.24, 2.45) is 4.99 Å². The van der Waals surface area contributed by atoms with Gasteiger partial charge in [-0.25, -0.2) is 0 Å². The van der Waals surface area contributed by atoms with Crippen LogP contribution < -0.4 is 16.0 Å². The highest BCUT2D eigenvalue weighted by Crippen LogP contribution is 2.16. The first-order valence-electron chi connectivity index (χ1n) is 9.02. The molecule has 1 unspecified atom stereocenters. The van der Waals surface area contributed by atoms with E-state index in [4.69, 9.17) is 0 Å². The summed E-state index contributed by atoms with van der Waals surface area (Å²) in [4.78, 5) is 19.3. The fourth-order valence-corrected chi connectivity index (χ4v) is 3.55. The van der Waals surface area contributed by atoms with Crippen molar-refractivity contribution in [3.8, 4) is 0 Å². The Morgan fingerprint density at radius 3 is 2.58 bits per heavy atom. The smallest absolute Gasteiger partial charge is 0.251 e. The van der Waals surface area contributed by atoms with Gasteiger partial charge in [-0.15, -0.1) is 11.3 Å². The van der Waals surface area contributed by atoms with Gasteiger partial charge in [0.25, 0.3) is 5.91 Å². The zero-order valence-electron chi connectivity index (χ0n) is 15.7. The van der Waals surface area contributed by atoms with E-state index < -0.39 is 0 Å². The number of aryl methyl sites for hydroxylation is 1. The Balaban J connectivity index is 1.79. The average molecular weight is 373 g/mol. The number of carbonyl (C=O) groups is 1. The highest BCUT2D eigenvalue weighted by Gasteiger charge is 2.08. The summed E-state index contributed by atoms with van der Waals surface area (Å²) in [5.41, 5.74) is 0.668. The molecule has 1 aromatic carbocycles. The molecule has 1 amide bonds. The average Bonchev–Trinajstić information content (AvgIpc) is 3.04. The zero-order chi connectivity index (χ0) is 18.8. The third-order valence-electron chi connectivity index (χ3n) is 3.73. The number of aliphatic imine (C=N–C) groups is 1. The van der Waals surface area contributed by atoms with Crippen LogP contribution in [0.25, 0.3) is 0 Å². The number of hydrogen-bond donors (Lipinski definition) is 3. The molecule has 0 bridgehead atoms. The molecule has 0 aliphatic heterocycles. The van der Waals surface area contributed by atoms with Gasteiger partial charge < -0.3 is 16.0 Å². The first-order valence-corrected chi connectivity index (χ1v) is 9.83. The van der Waals surface area contributed by atoms with Gasteiger partial charge in [0.05, 0.1) is 6.54 Å². The van der Waals surface area contributed by atoms with E-state index in [0.717, 1.165) is 18.9 Å². The molecule has 3 N–H and O–H groups in total. The SMILES string of the molecule is CCNC(=NCCNC(=O)c1ccccc1)NC(C)Cc1ccc(C)s1. The third kappa shape index (κ3) is 6.88. The van der Waals surface area contributed by atoms with Crippen LogP contribution in [0.2, 0.25) is 0 Å². The molecular formula is C20H28N4OS. The summed E-state index contributed by atoms with van der Waals surface area (Å²) in [6.45, 7) is 8.15. The molecule has 1 heterocycles. The lowest BCUT2D eigenvalue weighted by Gasteiger charge is -2.17. The number of guanidine groups is 1. The van der Waals surface area contributed by atoms with Crippen LogP contribution in [0.1, 0.15) is 34.0 Å². The molecule has 0 fully saturated rings. The lowest BCUT2D eigenvalue weighted by atomic mass is 10.2. The van der Waals surface area contributed by atoms with Gasteiger partial charge in [-0.2, -0.15) is 0 Å². The fraction of sp³-hybridized carbons (Fsp3) is 0.400. The van der Waals surface area contributed by atoms with Crippen LogP contribution in [0.4, 0.5) is 0 Å². The zero-order valence-corrected chi connectivity index (χ0v) is 16.5. The maximum Gasteiger partial charge on any atom is 0.251 e. The van der Waals surface area contributed by atoms with E-state index in [1.165, 1.54) is 9.75 Å². The van der Waals surface area contributed by atoms with E-state index in [-0.39, 0.29) is 11.9 Å². The number of benzene rings is 1. The maximum atomic E-state index is 12.0. The molecule has 0 aliphatic rings. The Morgan fingerprint density at radius 2 is 1.92 bits per heavy atom. The number of nitrogens with zero attached hydrogens (tertiary/aromatic N) is 1. The third-order valence-corrected chi connectivity index (χ3v) is 4.76. The first kappa shape index (κ1) is 20.0. The predicted molar refractivity (Wildman–Crippen MR) is 110 cm³/mol. The van der Waals surface area contributed by atoms with Crippen LogP contribution in [0.5, 0.6) is 0 Å². The second kappa shape index (κ2) is 10.6. The number of carbonyl (C=O) groups excluding carboxylic acids is 1. The van der Waals surface area contributed by atoms with Crippen molar-refractivity contribution in [2.45, 2.75) is 33.2 Å². The Hall–Kier alpha value is -2.34. The molecule has 0 saturated carbocycles. The minimum Gasteiger partial charge on any atom is -0.357 e. The van der Waals surface area contributed by atoms with Crippen LogP contribution in [0.15, 0.2) is 47.5 Å². The van der Waals surface area contributed by atoms with E-state index >= 15 is 0 Å². The summed E-state index contributed by atoms with van der Waals surface area (Å²) >= 11 is 1.83.